The molecule has 0 fully saturated rings. The average molecular weight is 268 g/mol. The molecule has 1 heterocycles. The van der Waals surface area contributed by atoms with E-state index in [4.69, 9.17) is 5.73 Å². The third-order valence-corrected chi connectivity index (χ3v) is 0.480. The van der Waals surface area contributed by atoms with Crippen molar-refractivity contribution in [2.45, 2.75) is 0 Å². The van der Waals surface area contributed by atoms with Gasteiger partial charge in [0, 0.05) is 32.3 Å². The van der Waals surface area contributed by atoms with Gasteiger partial charge in [-0.15, -0.1) is 6.20 Å². The van der Waals surface area contributed by atoms with E-state index in [0.29, 0.717) is 5.69 Å². The van der Waals surface area contributed by atoms with Gasteiger partial charge in [0.1, 0.15) is 0 Å². The second-order valence-corrected chi connectivity index (χ2v) is 0.989. The topological polar surface area (TPSA) is 53.0 Å². The fraction of sp³-hybridized carbons (Fsp3) is 0. The van der Waals surface area contributed by atoms with E-state index in [1.807, 2.05) is 0 Å². The van der Waals surface area contributed by atoms with Crippen LogP contribution in [0, 0.1) is 0 Å². The monoisotopic (exact) mass is 269 g/mol. The van der Waals surface area contributed by atoms with Gasteiger partial charge in [-0.25, -0.2) is 0 Å². The maximum atomic E-state index is 5.15. The third kappa shape index (κ3) is 1.72. The van der Waals surface area contributed by atoms with Crippen LogP contribution in [0.4, 0.5) is 5.69 Å². The molecule has 0 spiro atoms. The molecule has 0 amide bonds. The Balaban J connectivity index is 0.000000360. The fourth-order valence-electron chi connectivity index (χ4n) is 0.233. The Bertz CT molecular complexity index is 114. The van der Waals surface area contributed by atoms with Crippen molar-refractivity contribution < 1.29 is 20.4 Å². The largest absolute Gasteiger partial charge is 0.580 e. The van der Waals surface area contributed by atoms with Gasteiger partial charge in [-0.05, 0) is 0 Å². The molecular formula is C3H4N3Re-. The normalized spacial score (nSPS) is 7.43. The van der Waals surface area contributed by atoms with Crippen LogP contribution >= 0.6 is 0 Å². The van der Waals surface area contributed by atoms with Crippen molar-refractivity contribution in [1.82, 2.24) is 10.2 Å². The molecule has 0 saturated heterocycles. The van der Waals surface area contributed by atoms with Crippen LogP contribution in [0.1, 0.15) is 0 Å². The van der Waals surface area contributed by atoms with Crippen molar-refractivity contribution in [3.05, 3.63) is 12.4 Å². The molecule has 0 unspecified atom stereocenters. The Morgan fingerprint density at radius 3 is 2.57 bits per heavy atom. The second-order valence-electron chi connectivity index (χ2n) is 0.989. The summed E-state index contributed by atoms with van der Waals surface area (Å²) in [5.74, 6) is 0. The van der Waals surface area contributed by atoms with E-state index in [1.165, 1.54) is 12.4 Å². The summed E-state index contributed by atoms with van der Waals surface area (Å²) in [6.07, 6.45) is 3.00. The average Bonchev–Trinajstić information content (AvgIpc) is 1.86. The third-order valence-electron chi connectivity index (χ3n) is 0.480. The minimum absolute atomic E-state index is 0. The Morgan fingerprint density at radius 1 is 1.71 bits per heavy atom. The molecule has 2 N–H and O–H groups in total. The number of rotatable bonds is 0. The molecule has 0 saturated carbocycles. The molecule has 0 aromatic carbocycles. The Labute approximate surface area is 54.9 Å². The summed E-state index contributed by atoms with van der Waals surface area (Å²) in [6.45, 7) is 0. The molecule has 1 radical (unpaired) electrons. The number of hydrogen-bond acceptors (Lipinski definition) is 2. The standard InChI is InChI=1S/C3H4N3.Re/c4-3-1-5-6-2-3;/h1-2H,4H2;/q-1;. The van der Waals surface area contributed by atoms with Gasteiger partial charge in [0.25, 0.3) is 0 Å². The van der Waals surface area contributed by atoms with Gasteiger partial charge in [-0.3, -0.25) is 0 Å². The molecule has 0 atom stereocenters. The molecule has 7 heavy (non-hydrogen) atoms. The van der Waals surface area contributed by atoms with Crippen LogP contribution in [0.5, 0.6) is 0 Å². The first-order chi connectivity index (χ1) is 2.89. The minimum atomic E-state index is 0. The maximum absolute atomic E-state index is 5.15. The van der Waals surface area contributed by atoms with Gasteiger partial charge in [-0.2, -0.15) is 0 Å². The summed E-state index contributed by atoms with van der Waals surface area (Å²) in [4.78, 5) is 0. The van der Waals surface area contributed by atoms with Crippen LogP contribution in [-0.4, -0.2) is 5.10 Å². The van der Waals surface area contributed by atoms with Crippen molar-refractivity contribution in [2.75, 3.05) is 5.73 Å². The van der Waals surface area contributed by atoms with Crippen LogP contribution in [0.2, 0.25) is 0 Å². The zero-order valence-corrected chi connectivity index (χ0v) is 6.22. The van der Waals surface area contributed by atoms with Crippen LogP contribution in [0.3, 0.4) is 0 Å². The predicted molar refractivity (Wildman–Crippen MR) is 22.0 cm³/mol. The zero-order valence-electron chi connectivity index (χ0n) is 3.50. The first-order valence-electron chi connectivity index (χ1n) is 1.58. The summed E-state index contributed by atoms with van der Waals surface area (Å²) in [7, 11) is 0. The van der Waals surface area contributed by atoms with Crippen LogP contribution < -0.4 is 10.8 Å². The molecule has 1 rings (SSSR count). The van der Waals surface area contributed by atoms with Crippen molar-refractivity contribution in [2.24, 2.45) is 0 Å². The van der Waals surface area contributed by atoms with E-state index < -0.39 is 0 Å². The van der Waals surface area contributed by atoms with Crippen molar-refractivity contribution in [1.29, 1.82) is 0 Å². The van der Waals surface area contributed by atoms with E-state index in [1.54, 1.807) is 0 Å². The Morgan fingerprint density at radius 2 is 2.43 bits per heavy atom. The van der Waals surface area contributed by atoms with E-state index in [0.717, 1.165) is 0 Å². The predicted octanol–water partition coefficient (Wildman–Crippen LogP) is -0.382. The molecule has 1 aromatic heterocycles. The Hall–Kier alpha value is -0.328. The SMILES string of the molecule is Nc1cn[n-]c1.[Re]. The van der Waals surface area contributed by atoms with E-state index in [-0.39, 0.29) is 20.4 Å². The molecule has 39 valence electrons. The molecule has 1 aromatic rings. The first kappa shape index (κ1) is 6.67. The molecule has 0 aliphatic carbocycles. The summed E-state index contributed by atoms with van der Waals surface area (Å²) in [5, 5.41) is 6.89. The number of nitrogens with two attached hydrogens (primary N) is 1. The van der Waals surface area contributed by atoms with E-state index in [2.05, 4.69) is 10.2 Å². The second kappa shape index (κ2) is 2.78. The van der Waals surface area contributed by atoms with Crippen LogP contribution in [-0.2, 0) is 20.4 Å². The molecular weight excluding hydrogens is 264 g/mol. The summed E-state index contributed by atoms with van der Waals surface area (Å²) < 4.78 is 0. The summed E-state index contributed by atoms with van der Waals surface area (Å²) in [5.41, 5.74) is 5.77. The fourth-order valence-corrected chi connectivity index (χ4v) is 0.233. The van der Waals surface area contributed by atoms with Gasteiger partial charge < -0.3 is 15.9 Å². The number of aromatic nitrogens is 2. The number of hydrogen-bond donors (Lipinski definition) is 1. The molecule has 4 heteroatoms. The van der Waals surface area contributed by atoms with Crippen LogP contribution in [0.15, 0.2) is 12.4 Å². The Kier molecular flexibility index (Phi) is 2.65. The number of nitrogens with zero attached hydrogens (tertiary/aromatic N) is 2. The van der Waals surface area contributed by atoms with E-state index in [9.17, 15) is 0 Å². The minimum Gasteiger partial charge on any atom is -0.580 e. The molecule has 0 aliphatic heterocycles. The van der Waals surface area contributed by atoms with Crippen molar-refractivity contribution >= 4 is 5.69 Å². The van der Waals surface area contributed by atoms with Gasteiger partial charge in [0.2, 0.25) is 0 Å². The smallest absolute Gasteiger partial charge is 0.0269 e. The van der Waals surface area contributed by atoms with E-state index >= 15 is 0 Å². The molecule has 0 aliphatic rings. The quantitative estimate of drug-likeness (QED) is 0.698. The summed E-state index contributed by atoms with van der Waals surface area (Å²) >= 11 is 0. The molecule has 0 bridgehead atoms. The number of anilines is 1. The van der Waals surface area contributed by atoms with Gasteiger partial charge in [0.15, 0.2) is 0 Å². The first-order valence-corrected chi connectivity index (χ1v) is 1.58. The maximum Gasteiger partial charge on any atom is 0.0269 e. The van der Waals surface area contributed by atoms with Crippen LogP contribution in [0.25, 0.3) is 0 Å². The van der Waals surface area contributed by atoms with Gasteiger partial charge >= 0.3 is 0 Å². The number of nitrogen functional groups attached to an aromatic ring is 1. The van der Waals surface area contributed by atoms with Crippen molar-refractivity contribution in [3.8, 4) is 0 Å². The van der Waals surface area contributed by atoms with Gasteiger partial charge in [0.05, 0.1) is 0 Å². The molecule has 3 nitrogen and oxygen atoms in total. The zero-order chi connectivity index (χ0) is 4.41. The van der Waals surface area contributed by atoms with Gasteiger partial charge in [-0.1, -0.05) is 0 Å². The summed E-state index contributed by atoms with van der Waals surface area (Å²) in [6, 6.07) is 0. The van der Waals surface area contributed by atoms with Crippen molar-refractivity contribution in [3.63, 3.8) is 0 Å².